The molecule has 1 aliphatic heterocycles. The van der Waals surface area contributed by atoms with Gasteiger partial charge < -0.3 is 15.2 Å². The van der Waals surface area contributed by atoms with Crippen molar-refractivity contribution in [1.82, 2.24) is 20.1 Å². The Hall–Kier alpha value is -0.910. The first-order valence-electron chi connectivity index (χ1n) is 8.32. The van der Waals surface area contributed by atoms with Crippen molar-refractivity contribution >= 4 is 29.2 Å². The van der Waals surface area contributed by atoms with Crippen LogP contribution in [0.3, 0.4) is 0 Å². The van der Waals surface area contributed by atoms with Crippen LogP contribution in [0, 0.1) is 0 Å². The third kappa shape index (κ3) is 4.78. The first kappa shape index (κ1) is 18.4. The molecule has 130 valence electrons. The van der Waals surface area contributed by atoms with E-state index in [4.69, 9.17) is 23.2 Å². The lowest BCUT2D eigenvalue weighted by molar-refractivity contribution is 0.267. The maximum Gasteiger partial charge on any atom is 0.191 e. The number of likely N-dealkylation sites (tertiary alicyclic amines) is 1. The van der Waals surface area contributed by atoms with Crippen LogP contribution in [0.4, 0.5) is 0 Å². The van der Waals surface area contributed by atoms with Gasteiger partial charge in [-0.25, -0.2) is 4.99 Å². The molecule has 5 nitrogen and oxygen atoms in total. The van der Waals surface area contributed by atoms with Gasteiger partial charge in [-0.05, 0) is 38.9 Å². The molecule has 2 heterocycles. The van der Waals surface area contributed by atoms with E-state index >= 15 is 0 Å². The number of nitrogens with one attached hydrogen (secondary N) is 2. The minimum absolute atomic E-state index is 0.542. The maximum atomic E-state index is 6.10. The van der Waals surface area contributed by atoms with Crippen molar-refractivity contribution in [3.05, 3.63) is 21.9 Å². The topological polar surface area (TPSA) is 44.6 Å². The van der Waals surface area contributed by atoms with Crippen molar-refractivity contribution in [2.75, 3.05) is 26.2 Å². The number of halogens is 2. The third-order valence-electron chi connectivity index (χ3n) is 4.37. The van der Waals surface area contributed by atoms with Crippen LogP contribution in [0.15, 0.2) is 11.1 Å². The van der Waals surface area contributed by atoms with Gasteiger partial charge in [-0.1, -0.05) is 30.1 Å². The van der Waals surface area contributed by atoms with Crippen LogP contribution in [-0.2, 0) is 13.6 Å². The molecule has 0 aliphatic carbocycles. The number of hydrogen-bond donors (Lipinski definition) is 2. The van der Waals surface area contributed by atoms with Crippen molar-refractivity contribution < 1.29 is 0 Å². The largest absolute Gasteiger partial charge is 0.357 e. The Bertz CT molecular complexity index is 541. The highest BCUT2D eigenvalue weighted by molar-refractivity contribution is 6.41. The first-order valence-corrected chi connectivity index (χ1v) is 9.08. The predicted octanol–water partition coefficient (Wildman–Crippen LogP) is 2.87. The van der Waals surface area contributed by atoms with E-state index < -0.39 is 0 Å². The molecule has 23 heavy (non-hydrogen) atoms. The SMILES string of the molecule is CCNC(=NCc1cc(Cl)c(Cl)n1C)NCC1CCCN1CC. The van der Waals surface area contributed by atoms with Crippen LogP contribution in [0.2, 0.25) is 10.2 Å². The Kier molecular flexibility index (Phi) is 7.06. The minimum Gasteiger partial charge on any atom is -0.357 e. The summed E-state index contributed by atoms with van der Waals surface area (Å²) >= 11 is 12.2. The molecule has 1 aromatic rings. The fourth-order valence-corrected chi connectivity index (χ4v) is 3.42. The highest BCUT2D eigenvalue weighted by atomic mass is 35.5. The van der Waals surface area contributed by atoms with Crippen molar-refractivity contribution in [3.63, 3.8) is 0 Å². The lowest BCUT2D eigenvalue weighted by Crippen LogP contribution is -2.44. The average Bonchev–Trinajstić information content (AvgIpc) is 3.10. The highest BCUT2D eigenvalue weighted by Gasteiger charge is 2.22. The van der Waals surface area contributed by atoms with Crippen molar-refractivity contribution in [2.24, 2.45) is 12.0 Å². The van der Waals surface area contributed by atoms with Crippen molar-refractivity contribution in [3.8, 4) is 0 Å². The monoisotopic (exact) mass is 359 g/mol. The van der Waals surface area contributed by atoms with E-state index in [0.29, 0.717) is 22.8 Å². The van der Waals surface area contributed by atoms with Gasteiger partial charge in [0.2, 0.25) is 0 Å². The molecule has 2 N–H and O–H groups in total. The zero-order valence-corrected chi connectivity index (χ0v) is 15.7. The molecule has 0 aromatic carbocycles. The average molecular weight is 360 g/mol. The number of likely N-dealkylation sites (N-methyl/N-ethyl adjacent to an activating group) is 1. The van der Waals surface area contributed by atoms with Gasteiger partial charge in [0.25, 0.3) is 0 Å². The van der Waals surface area contributed by atoms with E-state index in [2.05, 4.69) is 34.4 Å². The maximum absolute atomic E-state index is 6.10. The summed E-state index contributed by atoms with van der Waals surface area (Å²) in [6, 6.07) is 2.47. The molecule has 0 radical (unpaired) electrons. The molecule has 0 saturated carbocycles. The Morgan fingerprint density at radius 3 is 2.74 bits per heavy atom. The quantitative estimate of drug-likeness (QED) is 0.606. The van der Waals surface area contributed by atoms with E-state index in [1.54, 1.807) is 0 Å². The second-order valence-corrected chi connectivity index (χ2v) is 6.60. The second kappa shape index (κ2) is 8.81. The molecule has 1 aromatic heterocycles. The summed E-state index contributed by atoms with van der Waals surface area (Å²) in [6.45, 7) is 8.91. The molecular formula is C16H27Cl2N5. The first-order chi connectivity index (χ1) is 11.1. The van der Waals surface area contributed by atoms with E-state index in [1.807, 2.05) is 17.7 Å². The Labute approximate surface area is 149 Å². The molecule has 0 bridgehead atoms. The lowest BCUT2D eigenvalue weighted by Gasteiger charge is -2.24. The van der Waals surface area contributed by atoms with Gasteiger partial charge in [0, 0.05) is 31.9 Å². The zero-order valence-electron chi connectivity index (χ0n) is 14.2. The summed E-state index contributed by atoms with van der Waals surface area (Å²) in [7, 11) is 1.90. The predicted molar refractivity (Wildman–Crippen MR) is 98.5 cm³/mol. The number of nitrogens with zero attached hydrogens (tertiary/aromatic N) is 3. The van der Waals surface area contributed by atoms with Crippen LogP contribution >= 0.6 is 23.2 Å². The number of aromatic nitrogens is 1. The van der Waals surface area contributed by atoms with Gasteiger partial charge >= 0.3 is 0 Å². The Morgan fingerprint density at radius 1 is 1.35 bits per heavy atom. The van der Waals surface area contributed by atoms with Gasteiger partial charge in [0.15, 0.2) is 5.96 Å². The molecule has 1 saturated heterocycles. The molecule has 7 heteroatoms. The fourth-order valence-electron chi connectivity index (χ4n) is 3.00. The number of aliphatic imine (C=N–C) groups is 1. The van der Waals surface area contributed by atoms with Crippen LogP contribution in [0.25, 0.3) is 0 Å². The number of rotatable bonds is 6. The summed E-state index contributed by atoms with van der Waals surface area (Å²) in [5, 5.41) is 7.88. The van der Waals surface area contributed by atoms with Crippen molar-refractivity contribution in [2.45, 2.75) is 39.3 Å². The molecule has 1 unspecified atom stereocenters. The van der Waals surface area contributed by atoms with E-state index in [1.165, 1.54) is 19.4 Å². The summed E-state index contributed by atoms with van der Waals surface area (Å²) < 4.78 is 1.87. The number of hydrogen-bond acceptors (Lipinski definition) is 2. The minimum atomic E-state index is 0.542. The summed E-state index contributed by atoms with van der Waals surface area (Å²) in [6.07, 6.45) is 2.54. The van der Waals surface area contributed by atoms with Gasteiger partial charge in [-0.2, -0.15) is 0 Å². The molecule has 2 rings (SSSR count). The van der Waals surface area contributed by atoms with Gasteiger partial charge in [-0.15, -0.1) is 0 Å². The molecule has 1 fully saturated rings. The Balaban J connectivity index is 1.95. The van der Waals surface area contributed by atoms with Crippen LogP contribution in [0.5, 0.6) is 0 Å². The molecule has 1 aliphatic rings. The normalized spacial score (nSPS) is 19.3. The van der Waals surface area contributed by atoms with Gasteiger partial charge in [0.1, 0.15) is 5.15 Å². The summed E-state index contributed by atoms with van der Waals surface area (Å²) in [5.41, 5.74) is 0.994. The van der Waals surface area contributed by atoms with E-state index in [0.717, 1.165) is 31.3 Å². The highest BCUT2D eigenvalue weighted by Crippen LogP contribution is 2.25. The molecular weight excluding hydrogens is 333 g/mol. The van der Waals surface area contributed by atoms with Crippen molar-refractivity contribution in [1.29, 1.82) is 0 Å². The van der Waals surface area contributed by atoms with Gasteiger partial charge in [-0.3, -0.25) is 4.90 Å². The molecule has 0 spiro atoms. The van der Waals surface area contributed by atoms with Crippen LogP contribution in [0.1, 0.15) is 32.4 Å². The van der Waals surface area contributed by atoms with E-state index in [-0.39, 0.29) is 0 Å². The van der Waals surface area contributed by atoms with Gasteiger partial charge in [0.05, 0.1) is 11.6 Å². The molecule has 0 amide bonds. The second-order valence-electron chi connectivity index (χ2n) is 5.83. The van der Waals surface area contributed by atoms with Crippen LogP contribution in [-0.4, -0.2) is 47.6 Å². The zero-order chi connectivity index (χ0) is 16.8. The summed E-state index contributed by atoms with van der Waals surface area (Å²) in [4.78, 5) is 7.17. The van der Waals surface area contributed by atoms with E-state index in [9.17, 15) is 0 Å². The summed E-state index contributed by atoms with van der Waals surface area (Å²) in [5.74, 6) is 0.837. The third-order valence-corrected chi connectivity index (χ3v) is 5.21. The Morgan fingerprint density at radius 2 is 2.13 bits per heavy atom. The number of guanidine groups is 1. The fraction of sp³-hybridized carbons (Fsp3) is 0.688. The molecule has 1 atom stereocenters. The standard InChI is InChI=1S/C16H27Cl2N5/c1-4-19-16(20-10-12-7-6-8-23(12)5-2)21-11-13-9-14(17)15(18)22(13)3/h9,12H,4-8,10-11H2,1-3H3,(H2,19,20,21). The van der Waals surface area contributed by atoms with Crippen LogP contribution < -0.4 is 10.6 Å². The smallest absolute Gasteiger partial charge is 0.191 e. The lowest BCUT2D eigenvalue weighted by atomic mass is 10.2.